The Kier molecular flexibility index (Phi) is 6.58. The molecule has 0 aliphatic carbocycles. The highest BCUT2D eigenvalue weighted by Crippen LogP contribution is 2.23. The molecule has 0 unspecified atom stereocenters. The van der Waals surface area contributed by atoms with Crippen molar-refractivity contribution in [2.24, 2.45) is 5.10 Å². The number of ether oxygens (including phenoxy) is 2. The fraction of sp³-hybridized carbons (Fsp3) is 0.286. The van der Waals surface area contributed by atoms with Crippen molar-refractivity contribution in [3.8, 4) is 11.5 Å². The summed E-state index contributed by atoms with van der Waals surface area (Å²) in [5.41, 5.74) is 0.607. The van der Waals surface area contributed by atoms with E-state index in [-0.39, 0.29) is 10.3 Å². The van der Waals surface area contributed by atoms with Gasteiger partial charge in [-0.25, -0.2) is 0 Å². The van der Waals surface area contributed by atoms with Crippen molar-refractivity contribution in [3.05, 3.63) is 23.8 Å². The minimum absolute atomic E-state index is 0.260. The van der Waals surface area contributed by atoms with E-state index in [1.165, 1.54) is 27.2 Å². The summed E-state index contributed by atoms with van der Waals surface area (Å²) in [6.07, 6.45) is 1.38. The standard InChI is InChI=1S/C14H17N3O4S/c1-9(18)17(14(15)22-10(2)19)16-8-11-5-6-12(20-3)7-13(11)21-4/h5-8,15H,1-4H3/b15-14?,16-8+. The van der Waals surface area contributed by atoms with Gasteiger partial charge in [0.05, 0.1) is 20.4 Å². The van der Waals surface area contributed by atoms with Gasteiger partial charge in [0.1, 0.15) is 11.5 Å². The number of nitrogens with one attached hydrogen (secondary N) is 1. The molecule has 1 aromatic rings. The van der Waals surface area contributed by atoms with Crippen LogP contribution in [0.25, 0.3) is 0 Å². The van der Waals surface area contributed by atoms with E-state index in [0.29, 0.717) is 28.8 Å². The number of amides is 1. The van der Waals surface area contributed by atoms with Crippen molar-refractivity contribution < 1.29 is 19.1 Å². The zero-order valence-corrected chi connectivity index (χ0v) is 13.6. The Hall–Kier alpha value is -2.35. The maximum atomic E-state index is 11.5. The van der Waals surface area contributed by atoms with E-state index < -0.39 is 5.91 Å². The minimum Gasteiger partial charge on any atom is -0.497 e. The van der Waals surface area contributed by atoms with Crippen LogP contribution in [0.4, 0.5) is 0 Å². The number of carbonyl (C=O) groups is 2. The smallest absolute Gasteiger partial charge is 0.246 e. The Morgan fingerprint density at radius 3 is 2.45 bits per heavy atom. The van der Waals surface area contributed by atoms with Crippen LogP contribution in [0.3, 0.4) is 0 Å². The lowest BCUT2D eigenvalue weighted by Crippen LogP contribution is -2.28. The predicted octanol–water partition coefficient (Wildman–Crippen LogP) is 2.10. The maximum absolute atomic E-state index is 11.5. The highest BCUT2D eigenvalue weighted by molar-refractivity contribution is 8.26. The quantitative estimate of drug-likeness (QED) is 0.520. The summed E-state index contributed by atoms with van der Waals surface area (Å²) in [6, 6.07) is 5.11. The first-order chi connectivity index (χ1) is 10.4. The van der Waals surface area contributed by atoms with Crippen LogP contribution in [0.15, 0.2) is 23.3 Å². The lowest BCUT2D eigenvalue weighted by molar-refractivity contribution is -0.124. The van der Waals surface area contributed by atoms with Gasteiger partial charge in [0.15, 0.2) is 10.3 Å². The molecule has 0 spiro atoms. The maximum Gasteiger partial charge on any atom is 0.246 e. The first-order valence-corrected chi connectivity index (χ1v) is 7.04. The molecular formula is C14H17N3O4S. The summed E-state index contributed by atoms with van der Waals surface area (Å²) in [7, 11) is 3.04. The van der Waals surface area contributed by atoms with Crippen molar-refractivity contribution in [2.75, 3.05) is 14.2 Å². The average Bonchev–Trinajstić information content (AvgIpc) is 2.46. The van der Waals surface area contributed by atoms with Crippen LogP contribution in [-0.4, -0.2) is 41.6 Å². The van der Waals surface area contributed by atoms with Crippen LogP contribution >= 0.6 is 11.8 Å². The molecule has 8 heteroatoms. The Morgan fingerprint density at radius 1 is 1.27 bits per heavy atom. The van der Waals surface area contributed by atoms with Crippen LogP contribution in [-0.2, 0) is 9.59 Å². The van der Waals surface area contributed by atoms with Crippen molar-refractivity contribution in [3.63, 3.8) is 0 Å². The molecule has 0 bridgehead atoms. The van der Waals surface area contributed by atoms with Gasteiger partial charge in [0, 0.05) is 25.5 Å². The van der Waals surface area contributed by atoms with Crippen molar-refractivity contribution in [2.45, 2.75) is 13.8 Å². The van der Waals surface area contributed by atoms with E-state index in [0.717, 1.165) is 5.01 Å². The van der Waals surface area contributed by atoms with Gasteiger partial charge in [-0.05, 0) is 23.9 Å². The van der Waals surface area contributed by atoms with Crippen molar-refractivity contribution in [1.29, 1.82) is 5.41 Å². The SMILES string of the molecule is COc1ccc(/C=N/N(C(=N)SC(C)=O)C(C)=O)c(OC)c1. The third-order valence-corrected chi connectivity index (χ3v) is 3.14. The Bertz CT molecular complexity index is 616. The Morgan fingerprint density at radius 2 is 1.95 bits per heavy atom. The van der Waals surface area contributed by atoms with Crippen molar-refractivity contribution in [1.82, 2.24) is 5.01 Å². The zero-order chi connectivity index (χ0) is 16.7. The first kappa shape index (κ1) is 17.7. The topological polar surface area (TPSA) is 92.0 Å². The van der Waals surface area contributed by atoms with Gasteiger partial charge >= 0.3 is 0 Å². The summed E-state index contributed by atoms with van der Waals surface area (Å²) in [4.78, 5) is 22.6. The van der Waals surface area contributed by atoms with E-state index in [1.807, 2.05) is 0 Å². The third kappa shape index (κ3) is 4.88. The number of benzene rings is 1. The molecule has 1 N–H and O–H groups in total. The molecule has 0 saturated carbocycles. The summed E-state index contributed by atoms with van der Waals surface area (Å²) in [5.74, 6) is 0.664. The van der Waals surface area contributed by atoms with Gasteiger partial charge in [-0.15, -0.1) is 0 Å². The molecule has 0 aliphatic heterocycles. The first-order valence-electron chi connectivity index (χ1n) is 6.22. The van der Waals surface area contributed by atoms with E-state index in [4.69, 9.17) is 14.9 Å². The highest BCUT2D eigenvalue weighted by Gasteiger charge is 2.16. The fourth-order valence-electron chi connectivity index (χ4n) is 1.50. The molecule has 1 aromatic carbocycles. The van der Waals surface area contributed by atoms with Gasteiger partial charge in [0.2, 0.25) is 5.91 Å². The van der Waals surface area contributed by atoms with Crippen molar-refractivity contribution >= 4 is 34.2 Å². The lowest BCUT2D eigenvalue weighted by Gasteiger charge is -2.14. The number of amidine groups is 1. The van der Waals surface area contributed by atoms with Crippen LogP contribution in [0.2, 0.25) is 0 Å². The summed E-state index contributed by atoms with van der Waals surface area (Å²) in [6.45, 7) is 2.57. The number of carbonyl (C=O) groups excluding carboxylic acids is 2. The summed E-state index contributed by atoms with van der Waals surface area (Å²) >= 11 is 0.627. The Labute approximate surface area is 132 Å². The molecule has 0 aromatic heterocycles. The number of hydrazone groups is 1. The predicted molar refractivity (Wildman–Crippen MR) is 85.7 cm³/mol. The largest absolute Gasteiger partial charge is 0.497 e. The molecule has 1 rings (SSSR count). The number of rotatable bonds is 4. The molecule has 1 amide bonds. The third-order valence-electron chi connectivity index (χ3n) is 2.48. The van der Waals surface area contributed by atoms with Gasteiger partial charge in [-0.1, -0.05) is 0 Å². The summed E-state index contributed by atoms with van der Waals surface area (Å²) < 4.78 is 10.3. The molecule has 0 radical (unpaired) electrons. The number of nitrogens with zero attached hydrogens (tertiary/aromatic N) is 2. The van der Waals surface area contributed by atoms with Crippen LogP contribution < -0.4 is 9.47 Å². The molecular weight excluding hydrogens is 306 g/mol. The number of hydrogen-bond acceptors (Lipinski definition) is 7. The molecule has 118 valence electrons. The second kappa shape index (κ2) is 8.18. The zero-order valence-electron chi connectivity index (χ0n) is 12.7. The fourth-order valence-corrected chi connectivity index (χ4v) is 2.04. The van der Waals surface area contributed by atoms with Crippen LogP contribution in [0.5, 0.6) is 11.5 Å². The summed E-state index contributed by atoms with van der Waals surface area (Å²) in [5, 5.41) is 12.0. The van der Waals surface area contributed by atoms with Gasteiger partial charge in [-0.3, -0.25) is 15.0 Å². The van der Waals surface area contributed by atoms with Gasteiger partial charge in [-0.2, -0.15) is 10.1 Å². The normalized spacial score (nSPS) is 10.4. The van der Waals surface area contributed by atoms with Gasteiger partial charge in [0.25, 0.3) is 0 Å². The van der Waals surface area contributed by atoms with E-state index >= 15 is 0 Å². The molecule has 22 heavy (non-hydrogen) atoms. The van der Waals surface area contributed by atoms with Gasteiger partial charge < -0.3 is 9.47 Å². The molecule has 0 fully saturated rings. The highest BCUT2D eigenvalue weighted by atomic mass is 32.2. The minimum atomic E-state index is -0.470. The molecule has 0 atom stereocenters. The van der Waals surface area contributed by atoms with Crippen LogP contribution in [0.1, 0.15) is 19.4 Å². The molecule has 7 nitrogen and oxygen atoms in total. The second-order valence-electron chi connectivity index (χ2n) is 4.08. The molecule has 0 aliphatic rings. The van der Waals surface area contributed by atoms with E-state index in [2.05, 4.69) is 5.10 Å². The molecule has 0 heterocycles. The average molecular weight is 323 g/mol. The van der Waals surface area contributed by atoms with E-state index in [9.17, 15) is 9.59 Å². The molecule has 0 saturated heterocycles. The lowest BCUT2D eigenvalue weighted by atomic mass is 10.2. The second-order valence-corrected chi connectivity index (χ2v) is 5.25. The van der Waals surface area contributed by atoms with Crippen LogP contribution in [0, 0.1) is 5.41 Å². The Balaban J connectivity index is 3.03. The number of thioether (sulfide) groups is 1. The van der Waals surface area contributed by atoms with E-state index in [1.54, 1.807) is 25.3 Å². The number of methoxy groups -OCH3 is 2. The number of hydrogen-bond donors (Lipinski definition) is 1. The monoisotopic (exact) mass is 323 g/mol.